The number of fused-ring (bicyclic) bond motifs is 1. The first-order valence-corrected chi connectivity index (χ1v) is 13.8. The molecule has 0 unspecified atom stereocenters. The molecular weight excluding hydrogens is 502 g/mol. The predicted molar refractivity (Wildman–Crippen MR) is 146 cm³/mol. The molecule has 1 fully saturated rings. The van der Waals surface area contributed by atoms with Gasteiger partial charge < -0.3 is 9.64 Å². The van der Waals surface area contributed by atoms with Crippen LogP contribution in [-0.2, 0) is 16.6 Å². The van der Waals surface area contributed by atoms with Crippen molar-refractivity contribution in [1.82, 2.24) is 19.8 Å². The predicted octanol–water partition coefficient (Wildman–Crippen LogP) is 3.71. The second-order valence-corrected chi connectivity index (χ2v) is 10.8. The standard InChI is InChI=1S/C28H29N5O4S/c1-20-18-22(28(34)33-16-14-32(15-17-33)19-24-25(37-2)8-5-12-29-24)10-11-23(20)31-38(35,36)26-9-3-6-21-7-4-13-30-27(21)26/h3-13,18,31H,14-17,19H2,1-2H3. The number of hydrogen-bond acceptors (Lipinski definition) is 7. The van der Waals surface area contributed by atoms with Crippen LogP contribution < -0.4 is 9.46 Å². The van der Waals surface area contributed by atoms with Crippen molar-refractivity contribution in [3.8, 4) is 5.75 Å². The number of carbonyl (C=O) groups excluding carboxylic acids is 1. The third-order valence-corrected chi connectivity index (χ3v) is 8.10. The van der Waals surface area contributed by atoms with Gasteiger partial charge in [0.05, 0.1) is 24.0 Å². The summed E-state index contributed by atoms with van der Waals surface area (Å²) in [6, 6.07) is 17.4. The van der Waals surface area contributed by atoms with Gasteiger partial charge >= 0.3 is 0 Å². The van der Waals surface area contributed by atoms with E-state index < -0.39 is 10.0 Å². The Kier molecular flexibility index (Phi) is 7.26. The minimum atomic E-state index is -3.88. The number of ether oxygens (including phenoxy) is 1. The molecule has 196 valence electrons. The van der Waals surface area contributed by atoms with Crippen molar-refractivity contribution in [2.24, 2.45) is 0 Å². The number of sulfonamides is 1. The van der Waals surface area contributed by atoms with E-state index in [9.17, 15) is 13.2 Å². The highest BCUT2D eigenvalue weighted by Gasteiger charge is 2.24. The number of methoxy groups -OCH3 is 1. The zero-order valence-electron chi connectivity index (χ0n) is 21.3. The average molecular weight is 532 g/mol. The molecule has 0 spiro atoms. The highest BCUT2D eigenvalue weighted by Crippen LogP contribution is 2.26. The summed E-state index contributed by atoms with van der Waals surface area (Å²) >= 11 is 0. The molecule has 1 saturated heterocycles. The number of piperazine rings is 1. The van der Waals surface area contributed by atoms with Crippen molar-refractivity contribution < 1.29 is 17.9 Å². The maximum Gasteiger partial charge on any atom is 0.264 e. The van der Waals surface area contributed by atoms with Gasteiger partial charge in [0.15, 0.2) is 0 Å². The molecule has 0 saturated carbocycles. The van der Waals surface area contributed by atoms with E-state index in [-0.39, 0.29) is 10.8 Å². The van der Waals surface area contributed by atoms with Crippen LogP contribution in [0.25, 0.3) is 10.9 Å². The average Bonchev–Trinajstić information content (AvgIpc) is 2.94. The van der Waals surface area contributed by atoms with Crippen molar-refractivity contribution in [1.29, 1.82) is 0 Å². The fourth-order valence-electron chi connectivity index (χ4n) is 4.64. The highest BCUT2D eigenvalue weighted by atomic mass is 32.2. The van der Waals surface area contributed by atoms with E-state index in [4.69, 9.17) is 4.74 Å². The maximum atomic E-state index is 13.2. The summed E-state index contributed by atoms with van der Waals surface area (Å²) in [7, 11) is -2.25. The fourth-order valence-corrected chi connectivity index (χ4v) is 5.95. The van der Waals surface area contributed by atoms with E-state index in [0.717, 1.165) is 29.9 Å². The lowest BCUT2D eigenvalue weighted by molar-refractivity contribution is 0.0626. The van der Waals surface area contributed by atoms with Gasteiger partial charge in [0.2, 0.25) is 0 Å². The van der Waals surface area contributed by atoms with Crippen LogP contribution in [0.4, 0.5) is 5.69 Å². The largest absolute Gasteiger partial charge is 0.495 e. The third-order valence-electron chi connectivity index (χ3n) is 6.70. The number of nitrogens with one attached hydrogen (secondary N) is 1. The first-order valence-electron chi connectivity index (χ1n) is 12.3. The van der Waals surface area contributed by atoms with E-state index >= 15 is 0 Å². The number of aromatic nitrogens is 2. The summed E-state index contributed by atoms with van der Waals surface area (Å²) in [4.78, 5) is 26.1. The molecule has 4 aromatic rings. The number of carbonyl (C=O) groups is 1. The number of amides is 1. The summed E-state index contributed by atoms with van der Waals surface area (Å²) < 4.78 is 34.4. The van der Waals surface area contributed by atoms with E-state index in [2.05, 4.69) is 19.6 Å². The molecule has 0 aliphatic carbocycles. The molecule has 0 radical (unpaired) electrons. The van der Waals surface area contributed by atoms with Gasteiger partial charge in [0.1, 0.15) is 10.6 Å². The molecule has 2 aromatic heterocycles. The van der Waals surface area contributed by atoms with Gasteiger partial charge in [-0.1, -0.05) is 18.2 Å². The Morgan fingerprint density at radius 2 is 1.71 bits per heavy atom. The Bertz CT molecular complexity index is 1580. The van der Waals surface area contributed by atoms with E-state index in [0.29, 0.717) is 42.0 Å². The molecule has 2 aromatic carbocycles. The van der Waals surface area contributed by atoms with E-state index in [1.807, 2.05) is 29.2 Å². The van der Waals surface area contributed by atoms with Crippen molar-refractivity contribution in [3.05, 3.63) is 89.9 Å². The molecule has 1 aliphatic heterocycles. The molecule has 1 N–H and O–H groups in total. The number of pyridine rings is 2. The smallest absolute Gasteiger partial charge is 0.264 e. The lowest BCUT2D eigenvalue weighted by Crippen LogP contribution is -2.48. The van der Waals surface area contributed by atoms with E-state index in [1.54, 1.807) is 56.8 Å². The van der Waals surface area contributed by atoms with Crippen LogP contribution in [-0.4, -0.2) is 67.4 Å². The summed E-state index contributed by atoms with van der Waals surface area (Å²) in [5.74, 6) is 0.685. The minimum Gasteiger partial charge on any atom is -0.495 e. The van der Waals surface area contributed by atoms with Crippen LogP contribution in [0.2, 0.25) is 0 Å². The Morgan fingerprint density at radius 1 is 0.974 bits per heavy atom. The van der Waals surface area contributed by atoms with Crippen molar-refractivity contribution >= 4 is 32.5 Å². The molecule has 38 heavy (non-hydrogen) atoms. The van der Waals surface area contributed by atoms with Crippen molar-refractivity contribution in [3.63, 3.8) is 0 Å². The Morgan fingerprint density at radius 3 is 2.47 bits per heavy atom. The molecule has 3 heterocycles. The Balaban J connectivity index is 1.25. The summed E-state index contributed by atoms with van der Waals surface area (Å²) in [5.41, 5.74) is 2.89. The molecule has 10 heteroatoms. The second kappa shape index (κ2) is 10.8. The third kappa shape index (κ3) is 5.32. The zero-order valence-corrected chi connectivity index (χ0v) is 22.1. The fraction of sp³-hybridized carbons (Fsp3) is 0.250. The van der Waals surface area contributed by atoms with Gasteiger partial charge in [0, 0.05) is 56.1 Å². The maximum absolute atomic E-state index is 13.2. The van der Waals surface area contributed by atoms with Gasteiger partial charge in [-0.15, -0.1) is 0 Å². The van der Waals surface area contributed by atoms with Gasteiger partial charge in [-0.3, -0.25) is 24.4 Å². The summed E-state index contributed by atoms with van der Waals surface area (Å²) in [5, 5.41) is 0.743. The minimum absolute atomic E-state index is 0.0733. The van der Waals surface area contributed by atoms with Crippen LogP contribution in [0.1, 0.15) is 21.6 Å². The van der Waals surface area contributed by atoms with Crippen LogP contribution in [0, 0.1) is 6.92 Å². The molecule has 0 atom stereocenters. The quantitative estimate of drug-likeness (QED) is 0.388. The molecular formula is C28H29N5O4S. The number of anilines is 1. The van der Waals surface area contributed by atoms with Gasteiger partial charge in [-0.25, -0.2) is 8.42 Å². The summed E-state index contributed by atoms with van der Waals surface area (Å²) in [6.07, 6.45) is 3.32. The lowest BCUT2D eigenvalue weighted by Gasteiger charge is -2.34. The number of rotatable bonds is 7. The topological polar surface area (TPSA) is 105 Å². The SMILES string of the molecule is COc1cccnc1CN1CCN(C(=O)c2ccc(NS(=O)(=O)c3cccc4cccnc34)c(C)c2)CC1. The number of para-hydroxylation sites is 1. The lowest BCUT2D eigenvalue weighted by atomic mass is 10.1. The molecule has 1 amide bonds. The number of hydrogen-bond donors (Lipinski definition) is 1. The molecule has 9 nitrogen and oxygen atoms in total. The van der Waals surface area contributed by atoms with Crippen molar-refractivity contribution in [2.75, 3.05) is 38.0 Å². The summed E-state index contributed by atoms with van der Waals surface area (Å²) in [6.45, 7) is 5.08. The van der Waals surface area contributed by atoms with Crippen LogP contribution in [0.15, 0.2) is 78.0 Å². The molecule has 1 aliphatic rings. The van der Waals surface area contributed by atoms with Crippen molar-refractivity contribution in [2.45, 2.75) is 18.4 Å². The van der Waals surface area contributed by atoms with E-state index in [1.165, 1.54) is 6.07 Å². The van der Waals surface area contributed by atoms with Crippen LogP contribution in [0.5, 0.6) is 5.75 Å². The number of nitrogens with zero attached hydrogens (tertiary/aromatic N) is 4. The number of benzene rings is 2. The van der Waals surface area contributed by atoms with Gasteiger partial charge in [0.25, 0.3) is 15.9 Å². The molecule has 5 rings (SSSR count). The van der Waals surface area contributed by atoms with Gasteiger partial charge in [-0.2, -0.15) is 0 Å². The Hall–Kier alpha value is -4.02. The van der Waals surface area contributed by atoms with Crippen LogP contribution in [0.3, 0.4) is 0 Å². The monoisotopic (exact) mass is 531 g/mol. The highest BCUT2D eigenvalue weighted by molar-refractivity contribution is 7.93. The molecule has 0 bridgehead atoms. The van der Waals surface area contributed by atoms with Crippen LogP contribution >= 0.6 is 0 Å². The Labute approximate surface area is 222 Å². The normalized spacial score (nSPS) is 14.4. The first kappa shape index (κ1) is 25.6. The number of aryl methyl sites for hydroxylation is 1. The second-order valence-electron chi connectivity index (χ2n) is 9.19. The first-order chi connectivity index (χ1) is 18.4. The zero-order chi connectivity index (χ0) is 26.7. The van der Waals surface area contributed by atoms with Gasteiger partial charge in [-0.05, 0) is 55.0 Å².